The van der Waals surface area contributed by atoms with E-state index in [9.17, 15) is 18.0 Å². The second-order valence-electron chi connectivity index (χ2n) is 7.31. The molecule has 0 atom stereocenters. The number of aryl methyl sites for hydroxylation is 1. The van der Waals surface area contributed by atoms with Gasteiger partial charge in [0.05, 0.1) is 11.3 Å². The minimum atomic E-state index is -4.53. The first-order valence-corrected chi connectivity index (χ1v) is 9.81. The number of aromatic nitrogens is 3. The molecule has 0 spiro atoms. The maximum Gasteiger partial charge on any atom is 0.416 e. The number of hydrogen-bond donors (Lipinski definition) is 3. The molecule has 0 aliphatic heterocycles. The van der Waals surface area contributed by atoms with E-state index in [1.165, 1.54) is 12.1 Å². The van der Waals surface area contributed by atoms with Crippen molar-refractivity contribution in [1.29, 1.82) is 0 Å². The zero-order valence-corrected chi connectivity index (χ0v) is 17.0. The number of nitrogens with one attached hydrogen (secondary N) is 2. The molecule has 0 saturated carbocycles. The first kappa shape index (κ1) is 21.5. The number of aliphatic hydroxyl groups is 1. The molecular weight excluding hydrogens is 421 g/mol. The average Bonchev–Trinajstić information content (AvgIpc) is 3.17. The van der Waals surface area contributed by atoms with Gasteiger partial charge < -0.3 is 10.4 Å². The quantitative estimate of drug-likeness (QED) is 0.418. The fourth-order valence-corrected chi connectivity index (χ4v) is 3.42. The molecule has 9 heteroatoms. The molecule has 0 aliphatic carbocycles. The number of aromatic amines is 1. The van der Waals surface area contributed by atoms with E-state index in [4.69, 9.17) is 5.11 Å². The maximum absolute atomic E-state index is 12.9. The Morgan fingerprint density at radius 1 is 1.12 bits per heavy atom. The molecule has 4 aromatic rings. The lowest BCUT2D eigenvalue weighted by Crippen LogP contribution is -2.14. The maximum atomic E-state index is 12.9. The number of nitrogens with zero attached hydrogens (tertiary/aromatic N) is 2. The van der Waals surface area contributed by atoms with Crippen molar-refractivity contribution >= 4 is 22.6 Å². The highest BCUT2D eigenvalue weighted by atomic mass is 19.4. The lowest BCUT2D eigenvalue weighted by atomic mass is 10.0. The highest BCUT2D eigenvalue weighted by molar-refractivity contribution is 6.04. The predicted octanol–water partition coefficient (Wildman–Crippen LogP) is 4.74. The number of pyridine rings is 1. The number of rotatable bonds is 5. The summed E-state index contributed by atoms with van der Waals surface area (Å²) in [6, 6.07) is 13.1. The van der Waals surface area contributed by atoms with E-state index in [2.05, 4.69) is 20.5 Å². The van der Waals surface area contributed by atoms with Crippen LogP contribution >= 0.6 is 0 Å². The van der Waals surface area contributed by atoms with E-state index >= 15 is 0 Å². The number of carbonyl (C=O) groups is 1. The molecule has 2 aromatic heterocycles. The molecule has 0 bridgehead atoms. The Balaban J connectivity index is 1.62. The summed E-state index contributed by atoms with van der Waals surface area (Å²) in [5, 5.41) is 19.7. The predicted molar refractivity (Wildman–Crippen MR) is 114 cm³/mol. The lowest BCUT2D eigenvalue weighted by Gasteiger charge is -2.11. The number of alkyl halides is 3. The first-order valence-electron chi connectivity index (χ1n) is 9.81. The summed E-state index contributed by atoms with van der Waals surface area (Å²) in [7, 11) is 0. The van der Waals surface area contributed by atoms with Crippen LogP contribution in [0.2, 0.25) is 0 Å². The number of hydrogen-bond acceptors (Lipinski definition) is 4. The van der Waals surface area contributed by atoms with Crippen molar-refractivity contribution in [2.45, 2.75) is 19.5 Å². The van der Waals surface area contributed by atoms with Gasteiger partial charge in [-0.3, -0.25) is 9.89 Å². The summed E-state index contributed by atoms with van der Waals surface area (Å²) >= 11 is 0. The van der Waals surface area contributed by atoms with Crippen molar-refractivity contribution < 1.29 is 23.1 Å². The van der Waals surface area contributed by atoms with Crippen molar-refractivity contribution in [1.82, 2.24) is 15.2 Å². The third-order valence-electron chi connectivity index (χ3n) is 5.08. The SMILES string of the molecule is Cc1ccc(NC(=O)c2cccc(C(F)(F)F)c2)cc1-c1ccc2c(CCO)[nH]nc2n1. The second-order valence-corrected chi connectivity index (χ2v) is 7.31. The summed E-state index contributed by atoms with van der Waals surface area (Å²) in [5.41, 5.74) is 3.04. The van der Waals surface area contributed by atoms with E-state index in [0.29, 0.717) is 23.4 Å². The van der Waals surface area contributed by atoms with Gasteiger partial charge in [0.25, 0.3) is 5.91 Å². The number of carbonyl (C=O) groups excluding carboxylic acids is 1. The van der Waals surface area contributed by atoms with Crippen molar-refractivity contribution in [3.05, 3.63) is 77.0 Å². The Bertz CT molecular complexity index is 1300. The normalized spacial score (nSPS) is 11.7. The van der Waals surface area contributed by atoms with Gasteiger partial charge in [0.15, 0.2) is 5.65 Å². The zero-order valence-electron chi connectivity index (χ0n) is 17.0. The van der Waals surface area contributed by atoms with Crippen molar-refractivity contribution in [2.75, 3.05) is 11.9 Å². The van der Waals surface area contributed by atoms with Crippen LogP contribution in [0.15, 0.2) is 54.6 Å². The molecule has 1 amide bonds. The number of benzene rings is 2. The van der Waals surface area contributed by atoms with E-state index in [0.717, 1.165) is 34.3 Å². The number of anilines is 1. The Hall–Kier alpha value is -3.72. The molecular formula is C23H19F3N4O2. The van der Waals surface area contributed by atoms with Gasteiger partial charge in [0.2, 0.25) is 0 Å². The summed E-state index contributed by atoms with van der Waals surface area (Å²) in [5.74, 6) is -0.643. The Labute approximate surface area is 181 Å². The molecule has 164 valence electrons. The van der Waals surface area contributed by atoms with Gasteiger partial charge in [0.1, 0.15) is 0 Å². The van der Waals surface area contributed by atoms with Crippen LogP contribution in [-0.2, 0) is 12.6 Å². The molecule has 0 radical (unpaired) electrons. The van der Waals surface area contributed by atoms with Gasteiger partial charge in [0, 0.05) is 40.9 Å². The number of amides is 1. The van der Waals surface area contributed by atoms with Gasteiger partial charge in [-0.25, -0.2) is 4.98 Å². The minimum Gasteiger partial charge on any atom is -0.396 e. The van der Waals surface area contributed by atoms with Gasteiger partial charge in [-0.15, -0.1) is 0 Å². The summed E-state index contributed by atoms with van der Waals surface area (Å²) < 4.78 is 38.8. The van der Waals surface area contributed by atoms with E-state index < -0.39 is 17.6 Å². The molecule has 4 rings (SSSR count). The standard InChI is InChI=1S/C23H19F3N4O2/c1-13-5-6-16(27-22(32)14-3-2-4-15(11-14)23(24,25)26)12-18(13)19-8-7-17-20(9-10-31)29-30-21(17)28-19/h2-8,11-12,31H,9-10H2,1H3,(H,27,32)(H,28,29,30). The van der Waals surface area contributed by atoms with Crippen LogP contribution in [0.1, 0.15) is 27.2 Å². The number of halogens is 3. The van der Waals surface area contributed by atoms with Crippen molar-refractivity contribution in [3.8, 4) is 11.3 Å². The van der Waals surface area contributed by atoms with Gasteiger partial charge in [-0.2, -0.15) is 18.3 Å². The fraction of sp³-hybridized carbons (Fsp3) is 0.174. The first-order chi connectivity index (χ1) is 15.3. The van der Waals surface area contributed by atoms with Crippen molar-refractivity contribution in [2.24, 2.45) is 0 Å². The largest absolute Gasteiger partial charge is 0.416 e. The number of H-pyrrole nitrogens is 1. The molecule has 0 fully saturated rings. The summed E-state index contributed by atoms with van der Waals surface area (Å²) in [6.45, 7) is 1.88. The van der Waals surface area contributed by atoms with Crippen LogP contribution in [0.4, 0.5) is 18.9 Å². The van der Waals surface area contributed by atoms with Crippen molar-refractivity contribution in [3.63, 3.8) is 0 Å². The molecule has 2 heterocycles. The van der Waals surface area contributed by atoms with Crippen LogP contribution < -0.4 is 5.32 Å². The topological polar surface area (TPSA) is 90.9 Å². The summed E-state index contributed by atoms with van der Waals surface area (Å²) in [4.78, 5) is 17.1. The Kier molecular flexibility index (Phi) is 5.67. The van der Waals surface area contributed by atoms with Crippen LogP contribution in [0.25, 0.3) is 22.3 Å². The monoisotopic (exact) mass is 440 g/mol. The molecule has 3 N–H and O–H groups in total. The molecule has 6 nitrogen and oxygen atoms in total. The fourth-order valence-electron chi connectivity index (χ4n) is 3.42. The second kappa shape index (κ2) is 8.43. The number of fused-ring (bicyclic) bond motifs is 1. The molecule has 0 aliphatic rings. The van der Waals surface area contributed by atoms with Crippen LogP contribution in [-0.4, -0.2) is 32.8 Å². The third-order valence-corrected chi connectivity index (χ3v) is 5.08. The molecule has 0 saturated heterocycles. The van der Waals surface area contributed by atoms with Gasteiger partial charge >= 0.3 is 6.18 Å². The third kappa shape index (κ3) is 4.33. The van der Waals surface area contributed by atoms with E-state index in [1.807, 2.05) is 19.1 Å². The molecule has 2 aromatic carbocycles. The van der Waals surface area contributed by atoms with Gasteiger partial charge in [-0.1, -0.05) is 12.1 Å². The average molecular weight is 440 g/mol. The smallest absolute Gasteiger partial charge is 0.396 e. The van der Waals surface area contributed by atoms with Crippen LogP contribution in [0, 0.1) is 6.92 Å². The number of aliphatic hydroxyl groups excluding tert-OH is 1. The summed E-state index contributed by atoms with van der Waals surface area (Å²) in [6.07, 6.45) is -4.09. The van der Waals surface area contributed by atoms with Crippen LogP contribution in [0.5, 0.6) is 0 Å². The Morgan fingerprint density at radius 3 is 2.69 bits per heavy atom. The minimum absolute atomic E-state index is 0.00816. The van der Waals surface area contributed by atoms with E-state index in [-0.39, 0.29) is 12.2 Å². The van der Waals surface area contributed by atoms with E-state index in [1.54, 1.807) is 18.2 Å². The highest BCUT2D eigenvalue weighted by Crippen LogP contribution is 2.30. The van der Waals surface area contributed by atoms with Gasteiger partial charge in [-0.05, 0) is 55.0 Å². The molecule has 0 unspecified atom stereocenters. The highest BCUT2D eigenvalue weighted by Gasteiger charge is 2.30. The van der Waals surface area contributed by atoms with Crippen LogP contribution in [0.3, 0.4) is 0 Å². The zero-order chi connectivity index (χ0) is 22.9. The lowest BCUT2D eigenvalue weighted by molar-refractivity contribution is -0.137. The Morgan fingerprint density at radius 2 is 1.94 bits per heavy atom. The molecule has 32 heavy (non-hydrogen) atoms.